The largest absolute Gasteiger partial charge is 0.495 e. The lowest BCUT2D eigenvalue weighted by Gasteiger charge is -2.15. The van der Waals surface area contributed by atoms with Gasteiger partial charge in [-0.05, 0) is 36.8 Å². The Morgan fingerprint density at radius 2 is 1.89 bits per heavy atom. The number of anilines is 1. The fraction of sp³-hybridized carbons (Fsp3) is 0.214. The van der Waals surface area contributed by atoms with E-state index in [1.54, 1.807) is 25.4 Å². The Morgan fingerprint density at radius 3 is 2.44 bits per heavy atom. The van der Waals surface area contributed by atoms with Gasteiger partial charge >= 0.3 is 0 Å². The first-order chi connectivity index (χ1) is 8.69. The van der Waals surface area contributed by atoms with E-state index in [0.29, 0.717) is 0 Å². The van der Waals surface area contributed by atoms with E-state index in [1.165, 1.54) is 12.1 Å². The third-order valence-electron chi connectivity index (χ3n) is 2.71. The van der Waals surface area contributed by atoms with Crippen LogP contribution < -0.4 is 10.1 Å². The monoisotopic (exact) mass is 246 g/mol. The van der Waals surface area contributed by atoms with Crippen molar-refractivity contribution >= 4 is 5.82 Å². The van der Waals surface area contributed by atoms with E-state index in [-0.39, 0.29) is 11.9 Å². The average molecular weight is 246 g/mol. The number of methoxy groups -OCH3 is 1. The van der Waals surface area contributed by atoms with E-state index < -0.39 is 0 Å². The molecule has 0 saturated heterocycles. The molecule has 1 atom stereocenters. The number of hydrogen-bond donors (Lipinski definition) is 1. The van der Waals surface area contributed by atoms with E-state index >= 15 is 0 Å². The Bertz CT molecular complexity index is 496. The van der Waals surface area contributed by atoms with Gasteiger partial charge in [0.1, 0.15) is 17.4 Å². The number of aromatic nitrogens is 1. The zero-order valence-electron chi connectivity index (χ0n) is 10.4. The van der Waals surface area contributed by atoms with Crippen LogP contribution in [0.15, 0.2) is 42.6 Å². The minimum absolute atomic E-state index is 0.0616. The molecule has 0 aliphatic heterocycles. The van der Waals surface area contributed by atoms with Crippen LogP contribution >= 0.6 is 0 Å². The third-order valence-corrected chi connectivity index (χ3v) is 2.71. The molecule has 0 spiro atoms. The van der Waals surface area contributed by atoms with Crippen molar-refractivity contribution in [1.82, 2.24) is 4.98 Å². The molecule has 0 aliphatic rings. The number of nitrogens with zero attached hydrogens (tertiary/aromatic N) is 1. The van der Waals surface area contributed by atoms with Crippen LogP contribution in [0.25, 0.3) is 0 Å². The molecule has 1 N–H and O–H groups in total. The lowest BCUT2D eigenvalue weighted by molar-refractivity contribution is 0.413. The van der Waals surface area contributed by atoms with Gasteiger partial charge in [0.05, 0.1) is 13.3 Å². The lowest BCUT2D eigenvalue weighted by atomic mass is 10.1. The van der Waals surface area contributed by atoms with Gasteiger partial charge in [0, 0.05) is 6.04 Å². The standard InChI is InChI=1S/C14H15FN2O/c1-10(11-3-5-12(15)6-4-11)17-14-8-7-13(18-2)9-16-14/h3-10H,1-2H3,(H,16,17). The molecule has 94 valence electrons. The van der Waals surface area contributed by atoms with E-state index in [0.717, 1.165) is 17.1 Å². The van der Waals surface area contributed by atoms with Crippen molar-refractivity contribution in [3.05, 3.63) is 54.0 Å². The van der Waals surface area contributed by atoms with Gasteiger partial charge in [0.15, 0.2) is 0 Å². The van der Waals surface area contributed by atoms with Gasteiger partial charge in [-0.1, -0.05) is 12.1 Å². The highest BCUT2D eigenvalue weighted by molar-refractivity contribution is 5.40. The minimum atomic E-state index is -0.228. The SMILES string of the molecule is COc1ccc(NC(C)c2ccc(F)cc2)nc1. The molecule has 0 saturated carbocycles. The highest BCUT2D eigenvalue weighted by atomic mass is 19.1. The van der Waals surface area contributed by atoms with Crippen LogP contribution in [0.5, 0.6) is 5.75 Å². The summed E-state index contributed by atoms with van der Waals surface area (Å²) in [5, 5.41) is 3.24. The highest BCUT2D eigenvalue weighted by Gasteiger charge is 2.06. The maximum atomic E-state index is 12.8. The summed E-state index contributed by atoms with van der Waals surface area (Å²) in [4.78, 5) is 4.22. The average Bonchev–Trinajstić information content (AvgIpc) is 2.40. The maximum Gasteiger partial charge on any atom is 0.137 e. The van der Waals surface area contributed by atoms with Gasteiger partial charge in [0.25, 0.3) is 0 Å². The molecule has 3 nitrogen and oxygen atoms in total. The molecule has 1 unspecified atom stereocenters. The van der Waals surface area contributed by atoms with Gasteiger partial charge in [-0.25, -0.2) is 9.37 Å². The van der Waals surface area contributed by atoms with Gasteiger partial charge < -0.3 is 10.1 Å². The number of benzene rings is 1. The molecule has 0 aliphatic carbocycles. The van der Waals surface area contributed by atoms with Crippen molar-refractivity contribution in [2.75, 3.05) is 12.4 Å². The number of ether oxygens (including phenoxy) is 1. The Kier molecular flexibility index (Phi) is 3.77. The Hall–Kier alpha value is -2.10. The molecule has 0 radical (unpaired) electrons. The molecule has 1 aromatic heterocycles. The summed E-state index contributed by atoms with van der Waals surface area (Å²) in [5.74, 6) is 1.25. The summed E-state index contributed by atoms with van der Waals surface area (Å²) in [5.41, 5.74) is 1.01. The smallest absolute Gasteiger partial charge is 0.137 e. The minimum Gasteiger partial charge on any atom is -0.495 e. The molecule has 0 fully saturated rings. The summed E-state index contributed by atoms with van der Waals surface area (Å²) < 4.78 is 17.9. The van der Waals surface area contributed by atoms with Crippen molar-refractivity contribution in [1.29, 1.82) is 0 Å². The van der Waals surface area contributed by atoms with Crippen LogP contribution in [0.3, 0.4) is 0 Å². The summed E-state index contributed by atoms with van der Waals surface area (Å²) in [6.45, 7) is 2.00. The van der Waals surface area contributed by atoms with Gasteiger partial charge in [-0.3, -0.25) is 0 Å². The van der Waals surface area contributed by atoms with Crippen molar-refractivity contribution < 1.29 is 9.13 Å². The van der Waals surface area contributed by atoms with Crippen molar-refractivity contribution in [2.45, 2.75) is 13.0 Å². The van der Waals surface area contributed by atoms with Crippen LogP contribution in [0.4, 0.5) is 10.2 Å². The number of rotatable bonds is 4. The summed E-state index contributed by atoms with van der Waals surface area (Å²) in [6.07, 6.45) is 1.65. The number of hydrogen-bond acceptors (Lipinski definition) is 3. The Morgan fingerprint density at radius 1 is 1.17 bits per heavy atom. The Labute approximate surface area is 106 Å². The number of pyridine rings is 1. The molecular weight excluding hydrogens is 231 g/mol. The topological polar surface area (TPSA) is 34.1 Å². The van der Waals surface area contributed by atoms with Crippen LogP contribution in [0, 0.1) is 5.82 Å². The highest BCUT2D eigenvalue weighted by Crippen LogP contribution is 2.19. The second kappa shape index (κ2) is 5.49. The van der Waals surface area contributed by atoms with E-state index in [4.69, 9.17) is 4.74 Å². The van der Waals surface area contributed by atoms with Crippen LogP contribution in [-0.2, 0) is 0 Å². The number of halogens is 1. The predicted molar refractivity (Wildman–Crippen MR) is 69.2 cm³/mol. The van der Waals surface area contributed by atoms with Crippen molar-refractivity contribution in [3.8, 4) is 5.75 Å². The number of nitrogens with one attached hydrogen (secondary N) is 1. The molecule has 2 aromatic rings. The maximum absolute atomic E-state index is 12.8. The van der Waals surface area contributed by atoms with Crippen LogP contribution in [0.2, 0.25) is 0 Å². The summed E-state index contributed by atoms with van der Waals surface area (Å²) in [7, 11) is 1.60. The van der Waals surface area contributed by atoms with E-state index in [1.807, 2.05) is 19.1 Å². The second-order valence-corrected chi connectivity index (χ2v) is 4.00. The summed E-state index contributed by atoms with van der Waals surface area (Å²) >= 11 is 0. The predicted octanol–water partition coefficient (Wildman–Crippen LogP) is 3.40. The molecule has 1 aromatic carbocycles. The zero-order chi connectivity index (χ0) is 13.0. The molecule has 0 amide bonds. The van der Waals surface area contributed by atoms with Gasteiger partial charge in [-0.2, -0.15) is 0 Å². The molecule has 18 heavy (non-hydrogen) atoms. The first-order valence-electron chi connectivity index (χ1n) is 5.71. The molecule has 0 bridgehead atoms. The summed E-state index contributed by atoms with van der Waals surface area (Å²) in [6, 6.07) is 10.2. The quantitative estimate of drug-likeness (QED) is 0.897. The van der Waals surface area contributed by atoms with Crippen molar-refractivity contribution in [3.63, 3.8) is 0 Å². The van der Waals surface area contributed by atoms with Gasteiger partial charge in [0.2, 0.25) is 0 Å². The fourth-order valence-corrected chi connectivity index (χ4v) is 1.64. The Balaban J connectivity index is 2.05. The third kappa shape index (κ3) is 2.97. The first kappa shape index (κ1) is 12.4. The molecule has 4 heteroatoms. The van der Waals surface area contributed by atoms with Crippen LogP contribution in [0.1, 0.15) is 18.5 Å². The molecule has 1 heterocycles. The van der Waals surface area contributed by atoms with E-state index in [2.05, 4.69) is 10.3 Å². The van der Waals surface area contributed by atoms with Crippen molar-refractivity contribution in [2.24, 2.45) is 0 Å². The molecule has 2 rings (SSSR count). The first-order valence-corrected chi connectivity index (χ1v) is 5.71. The lowest BCUT2D eigenvalue weighted by Crippen LogP contribution is -2.07. The van der Waals surface area contributed by atoms with E-state index in [9.17, 15) is 4.39 Å². The normalized spacial score (nSPS) is 11.9. The van der Waals surface area contributed by atoms with Crippen LogP contribution in [-0.4, -0.2) is 12.1 Å². The fourth-order valence-electron chi connectivity index (χ4n) is 1.64. The zero-order valence-corrected chi connectivity index (χ0v) is 10.4. The second-order valence-electron chi connectivity index (χ2n) is 4.00. The molecular formula is C14H15FN2O. The van der Waals surface area contributed by atoms with Gasteiger partial charge in [-0.15, -0.1) is 0 Å².